The van der Waals surface area contributed by atoms with Crippen LogP contribution >= 0.6 is 7.82 Å². The Labute approximate surface area is 440 Å². The Bertz CT molecular complexity index is 2530. The predicted octanol–water partition coefficient (Wildman–Crippen LogP) is -2.79. The van der Waals surface area contributed by atoms with Gasteiger partial charge in [-0.05, 0) is 74.4 Å². The number of phenols is 1. The van der Waals surface area contributed by atoms with E-state index in [1.807, 2.05) is 0 Å². The molecule has 30 heteroatoms. The zero-order chi connectivity index (χ0) is 57.7. The van der Waals surface area contributed by atoms with Gasteiger partial charge in [-0.2, -0.15) is 0 Å². The van der Waals surface area contributed by atoms with Gasteiger partial charge in [-0.3, -0.25) is 62.5 Å². The van der Waals surface area contributed by atoms with Crippen molar-refractivity contribution in [3.8, 4) is 11.5 Å². The third kappa shape index (κ3) is 21.3. The lowest BCUT2D eigenvalue weighted by Crippen LogP contribution is -2.61. The van der Waals surface area contributed by atoms with Gasteiger partial charge >= 0.3 is 25.7 Å². The number of carboxylic acids is 3. The number of carboxylic acid groups (broad SMARTS) is 3. The Morgan fingerprint density at radius 2 is 1.06 bits per heavy atom. The Morgan fingerprint density at radius 1 is 0.636 bits per heavy atom. The van der Waals surface area contributed by atoms with E-state index >= 15 is 0 Å². The molecule has 1 fully saturated rings. The summed E-state index contributed by atoms with van der Waals surface area (Å²) in [4.78, 5) is 176. The number of nitrogens with one attached hydrogen (secondary N) is 7. The monoisotopic (exact) mass is 1110 g/mol. The lowest BCUT2D eigenvalue weighted by molar-refractivity contribution is -0.142. The highest BCUT2D eigenvalue weighted by atomic mass is 31.2. The largest absolute Gasteiger partial charge is 0.524 e. The number of nitrogens with two attached hydrogens (primary N) is 1. The number of carbonyl (C=O) groups is 12. The molecule has 0 aromatic heterocycles. The zero-order valence-corrected chi connectivity index (χ0v) is 42.9. The van der Waals surface area contributed by atoms with E-state index in [1.165, 1.54) is 62.1 Å². The van der Waals surface area contributed by atoms with Crippen LogP contribution in [0.3, 0.4) is 0 Å². The minimum Gasteiger partial charge on any atom is -0.508 e. The van der Waals surface area contributed by atoms with Crippen LogP contribution in [0.15, 0.2) is 48.5 Å². The zero-order valence-electron chi connectivity index (χ0n) is 42.0. The number of rotatable bonds is 31. The quantitative estimate of drug-likeness (QED) is 0.0268. The summed E-state index contributed by atoms with van der Waals surface area (Å²) in [6.07, 6.45) is -2.76. The Hall–Kier alpha value is -8.01. The van der Waals surface area contributed by atoms with Gasteiger partial charge in [0.05, 0.1) is 24.9 Å². The molecule has 1 aliphatic heterocycles. The van der Waals surface area contributed by atoms with Gasteiger partial charge in [-0.1, -0.05) is 38.1 Å². The van der Waals surface area contributed by atoms with Crippen molar-refractivity contribution in [3.05, 3.63) is 59.7 Å². The Kier molecular flexibility index (Phi) is 24.6. The Balaban J connectivity index is 1.99. The Morgan fingerprint density at radius 3 is 1.53 bits per heavy atom. The third-order valence-corrected chi connectivity index (χ3v) is 12.3. The molecule has 0 spiro atoms. The highest BCUT2D eigenvalue weighted by Gasteiger charge is 2.37. The van der Waals surface area contributed by atoms with Crippen molar-refractivity contribution in [1.29, 1.82) is 0 Å². The first-order valence-electron chi connectivity index (χ1n) is 24.1. The van der Waals surface area contributed by atoms with Gasteiger partial charge in [-0.25, -0.2) is 4.57 Å². The number of aliphatic carboxylic acids is 3. The standard InChI is InChI=1S/C47H64N9O20P/c1-4-31(50-40(65)30(48)21-38(61)62)41(66)51-32(5-2)42(67)55-36(22-39(63)64)46(71)54-35(19-25-8-12-28(58)13-9-25)45(70)53-34(20-26-10-14-29(15-11-26)76-77(73,74)75)44(69)52-33(16-17-37(59)60)43(68)49-24(3)47(72)56-18-6-7-27(56)23-57/h8-15,23-24,27,30-36,58H,4-7,16-22,48H2,1-3H3,(H,49,68)(H,50,65)(H,51,66)(H,52,69)(H,53,70)(H,54,71)(H,55,67)(H,59,60)(H,61,62)(H,63,64)(H2,73,74,75)/t24-,27-,30-,31-,32-,33-,34-,35-,36-/m0/s1. The molecule has 8 amide bonds. The summed E-state index contributed by atoms with van der Waals surface area (Å²) >= 11 is 0. The van der Waals surface area contributed by atoms with Crippen molar-refractivity contribution in [1.82, 2.24) is 42.1 Å². The van der Waals surface area contributed by atoms with E-state index in [0.29, 0.717) is 19.1 Å². The van der Waals surface area contributed by atoms with Crippen LogP contribution in [0.2, 0.25) is 0 Å². The van der Waals surface area contributed by atoms with E-state index in [0.717, 1.165) is 12.1 Å². The molecule has 77 heavy (non-hydrogen) atoms. The van der Waals surface area contributed by atoms with Crippen LogP contribution in [0.25, 0.3) is 0 Å². The number of amides is 8. The van der Waals surface area contributed by atoms with E-state index in [2.05, 4.69) is 41.7 Å². The number of aldehydes is 1. The molecule has 0 radical (unpaired) electrons. The number of carbonyl (C=O) groups excluding carboxylic acids is 9. The van der Waals surface area contributed by atoms with E-state index in [9.17, 15) is 87.2 Å². The first kappa shape index (κ1) is 63.3. The van der Waals surface area contributed by atoms with Gasteiger partial charge in [0.2, 0.25) is 47.3 Å². The number of aromatic hydroxyl groups is 1. The minimum atomic E-state index is -5.03. The number of hydrogen-bond acceptors (Lipinski definition) is 16. The second kappa shape index (κ2) is 29.9. The molecule has 1 heterocycles. The van der Waals surface area contributed by atoms with Crippen molar-refractivity contribution >= 4 is 79.3 Å². The lowest BCUT2D eigenvalue weighted by Gasteiger charge is -2.28. The summed E-state index contributed by atoms with van der Waals surface area (Å²) in [7, 11) is -5.03. The highest BCUT2D eigenvalue weighted by molar-refractivity contribution is 7.46. The SMILES string of the molecule is CC[C@H](NC(=O)[C@H](CC)NC(=O)[C@@H](N)CC(=O)O)C(=O)N[C@@H](CC(=O)O)C(=O)N[C@@H](Cc1ccc(O)cc1)C(=O)N[C@@H](Cc1ccc(OP(=O)(O)O)cc1)C(=O)N[C@@H](CCC(=O)O)C(=O)N[C@@H](C)C(=O)N1CCC[C@H]1C=O. The maximum absolute atomic E-state index is 14.5. The topological polar surface area (TPSA) is 466 Å². The molecule has 0 bridgehead atoms. The van der Waals surface area contributed by atoms with E-state index in [-0.39, 0.29) is 42.0 Å². The predicted molar refractivity (Wildman–Crippen MR) is 265 cm³/mol. The molecule has 422 valence electrons. The van der Waals surface area contributed by atoms with Gasteiger partial charge in [0.1, 0.15) is 60.1 Å². The van der Waals surface area contributed by atoms with Gasteiger partial charge in [0.25, 0.3) is 0 Å². The number of benzene rings is 2. The van der Waals surface area contributed by atoms with Crippen molar-refractivity contribution in [3.63, 3.8) is 0 Å². The number of likely N-dealkylation sites (tertiary alicyclic amines) is 1. The number of phosphoric ester groups is 1. The van der Waals surface area contributed by atoms with E-state index in [4.69, 9.17) is 10.8 Å². The number of hydrogen-bond donors (Lipinski definition) is 14. The normalized spacial score (nSPS) is 16.2. The highest BCUT2D eigenvalue weighted by Crippen LogP contribution is 2.37. The fraction of sp³-hybridized carbons (Fsp3) is 0.489. The molecule has 1 aliphatic rings. The van der Waals surface area contributed by atoms with Crippen LogP contribution in [0, 0.1) is 0 Å². The average Bonchev–Trinajstić information content (AvgIpc) is 3.84. The second-order valence-electron chi connectivity index (χ2n) is 17.8. The smallest absolute Gasteiger partial charge is 0.508 e. The van der Waals surface area contributed by atoms with Crippen LogP contribution in [-0.4, -0.2) is 167 Å². The van der Waals surface area contributed by atoms with E-state index in [1.54, 1.807) is 0 Å². The van der Waals surface area contributed by atoms with Crippen LogP contribution in [0.1, 0.15) is 83.3 Å². The van der Waals surface area contributed by atoms with Gasteiger partial charge in [-0.15, -0.1) is 0 Å². The molecule has 29 nitrogen and oxygen atoms in total. The molecule has 0 unspecified atom stereocenters. The van der Waals surface area contributed by atoms with Gasteiger partial charge in [0.15, 0.2) is 0 Å². The van der Waals surface area contributed by atoms with Gasteiger partial charge < -0.3 is 77.6 Å². The summed E-state index contributed by atoms with van der Waals surface area (Å²) in [5.41, 5.74) is 6.05. The molecule has 15 N–H and O–H groups in total. The van der Waals surface area contributed by atoms with Crippen molar-refractivity contribution in [2.45, 2.75) is 139 Å². The molecule has 0 saturated carbocycles. The van der Waals surface area contributed by atoms with Crippen LogP contribution < -0.4 is 47.5 Å². The summed E-state index contributed by atoms with van der Waals surface area (Å²) < 4.78 is 16.1. The van der Waals surface area contributed by atoms with Crippen molar-refractivity contribution in [2.24, 2.45) is 5.73 Å². The fourth-order valence-electron chi connectivity index (χ4n) is 7.73. The lowest BCUT2D eigenvalue weighted by atomic mass is 10.0. The second-order valence-corrected chi connectivity index (χ2v) is 19.0. The van der Waals surface area contributed by atoms with Crippen LogP contribution in [0.5, 0.6) is 11.5 Å². The molecule has 2 aromatic rings. The minimum absolute atomic E-state index is 0.0568. The molecular formula is C47H64N9O20P. The van der Waals surface area contributed by atoms with Crippen LogP contribution in [-0.2, 0) is 74.9 Å². The summed E-state index contributed by atoms with van der Waals surface area (Å²) in [6, 6.07) is -3.62. The maximum atomic E-state index is 14.5. The molecule has 0 aliphatic carbocycles. The molecule has 2 aromatic carbocycles. The van der Waals surface area contributed by atoms with Crippen LogP contribution in [0.4, 0.5) is 0 Å². The summed E-state index contributed by atoms with van der Waals surface area (Å²) in [6.45, 7) is 4.46. The first-order chi connectivity index (χ1) is 36.1. The van der Waals surface area contributed by atoms with Crippen molar-refractivity contribution in [2.75, 3.05) is 6.54 Å². The summed E-state index contributed by atoms with van der Waals surface area (Å²) in [5.74, 6) is -13.2. The molecule has 3 rings (SSSR count). The first-order valence-corrected chi connectivity index (χ1v) is 25.6. The molecular weight excluding hydrogens is 1040 g/mol. The molecule has 9 atom stereocenters. The maximum Gasteiger partial charge on any atom is 0.524 e. The van der Waals surface area contributed by atoms with E-state index < -0.39 is 166 Å². The van der Waals surface area contributed by atoms with Gasteiger partial charge in [0, 0.05) is 25.8 Å². The number of nitrogens with zero attached hydrogens (tertiary/aromatic N) is 1. The average molecular weight is 1110 g/mol. The number of phosphoric acid groups is 1. The fourth-order valence-corrected chi connectivity index (χ4v) is 8.12. The number of phenolic OH excluding ortho intramolecular Hbond substituents is 1. The third-order valence-electron chi connectivity index (χ3n) is 11.8. The summed E-state index contributed by atoms with van der Waals surface area (Å²) in [5, 5.41) is 54.8. The molecule has 1 saturated heterocycles. The van der Waals surface area contributed by atoms with Crippen molar-refractivity contribution < 1.29 is 96.8 Å².